The lowest BCUT2D eigenvalue weighted by Crippen LogP contribution is -2.56. The zero-order chi connectivity index (χ0) is 25.7. The molecule has 0 radical (unpaired) electrons. The van der Waals surface area contributed by atoms with Gasteiger partial charge in [0.15, 0.2) is 0 Å². The van der Waals surface area contributed by atoms with Crippen LogP contribution in [0.5, 0.6) is 0 Å². The summed E-state index contributed by atoms with van der Waals surface area (Å²) < 4.78 is 17.9. The number of hydrogen-bond donors (Lipinski definition) is 1. The van der Waals surface area contributed by atoms with E-state index >= 15 is 0 Å². The van der Waals surface area contributed by atoms with Crippen molar-refractivity contribution < 1.29 is 24.2 Å². The van der Waals surface area contributed by atoms with Gasteiger partial charge < -0.3 is 24.2 Å². The maximum atomic E-state index is 11.9. The lowest BCUT2D eigenvalue weighted by molar-refractivity contribution is -0.178. The van der Waals surface area contributed by atoms with Crippen molar-refractivity contribution in [3.8, 4) is 0 Å². The third-order valence-electron chi connectivity index (χ3n) is 7.41. The van der Waals surface area contributed by atoms with Crippen LogP contribution in [0.15, 0.2) is 48.2 Å². The highest BCUT2D eigenvalue weighted by molar-refractivity contribution is 5.79. The summed E-state index contributed by atoms with van der Waals surface area (Å²) in [4.78, 5) is 7.62. The topological polar surface area (TPSA) is 63.6 Å². The van der Waals surface area contributed by atoms with Gasteiger partial charge in [-0.15, -0.1) is 0 Å². The number of aliphatic hydroxyl groups is 1. The number of aryl methyl sites for hydroxylation is 3. The van der Waals surface area contributed by atoms with Crippen LogP contribution in [0.3, 0.4) is 0 Å². The van der Waals surface area contributed by atoms with Crippen LogP contribution in [-0.2, 0) is 25.7 Å². The molecule has 1 N–H and O–H groups in total. The molecule has 4 rings (SSSR count). The Kier molecular flexibility index (Phi) is 8.83. The number of rotatable bonds is 10. The first-order chi connectivity index (χ1) is 17.4. The molecule has 0 aromatic heterocycles. The molecule has 2 aromatic carbocycles. The molecule has 1 atom stereocenters. The van der Waals surface area contributed by atoms with Gasteiger partial charge in [0, 0.05) is 25.8 Å². The summed E-state index contributed by atoms with van der Waals surface area (Å²) in [5.74, 6) is 0.847. The number of hydroxylamine groups is 2. The fraction of sp³-hybridized carbons (Fsp3) is 0.517. The molecule has 0 bridgehead atoms. The van der Waals surface area contributed by atoms with Crippen molar-refractivity contribution in [3.05, 3.63) is 76.0 Å². The van der Waals surface area contributed by atoms with E-state index in [0.29, 0.717) is 19.8 Å². The van der Waals surface area contributed by atoms with Gasteiger partial charge in [-0.25, -0.2) is 4.90 Å². The first kappa shape index (κ1) is 26.8. The van der Waals surface area contributed by atoms with Crippen molar-refractivity contribution in [1.29, 1.82) is 0 Å². The van der Waals surface area contributed by atoms with E-state index in [1.165, 1.54) is 5.56 Å². The highest BCUT2D eigenvalue weighted by Crippen LogP contribution is 2.50. The standard InChI is InChI=1S/C29H40N2O5/c1-21-17-22(2)25(23(3)18-21)26-27(36-19-24-9-7-6-8-10-24)29(11-13-30(34-5)14-12-29)31(28(26)32)20-35-16-15-33-4/h6-10,17-18,28,32H,11-16,19-20H2,1-5H3. The zero-order valence-corrected chi connectivity index (χ0v) is 22.3. The number of aliphatic hydroxyl groups excluding tert-OH is 1. The molecule has 2 aromatic rings. The summed E-state index contributed by atoms with van der Waals surface area (Å²) in [6.45, 7) is 9.47. The second kappa shape index (κ2) is 11.9. The second-order valence-corrected chi connectivity index (χ2v) is 9.81. The van der Waals surface area contributed by atoms with E-state index in [2.05, 4.69) is 49.9 Å². The van der Waals surface area contributed by atoms with Gasteiger partial charge in [0.1, 0.15) is 25.3 Å². The van der Waals surface area contributed by atoms with Gasteiger partial charge in [0.25, 0.3) is 0 Å². The monoisotopic (exact) mass is 496 g/mol. The van der Waals surface area contributed by atoms with Crippen molar-refractivity contribution in [3.63, 3.8) is 0 Å². The van der Waals surface area contributed by atoms with Crippen LogP contribution in [0.1, 0.15) is 40.7 Å². The molecular formula is C29H40N2O5. The first-order valence-corrected chi connectivity index (χ1v) is 12.7. The Bertz CT molecular complexity index is 1020. The van der Waals surface area contributed by atoms with Gasteiger partial charge in [0.05, 0.1) is 25.9 Å². The maximum Gasteiger partial charge on any atom is 0.140 e. The lowest BCUT2D eigenvalue weighted by Gasteiger charge is -2.45. The highest BCUT2D eigenvalue weighted by atomic mass is 16.7. The molecule has 1 spiro atoms. The minimum Gasteiger partial charge on any atom is -0.491 e. The molecule has 1 saturated heterocycles. The minimum atomic E-state index is -0.854. The summed E-state index contributed by atoms with van der Waals surface area (Å²) in [5, 5.41) is 13.9. The highest BCUT2D eigenvalue weighted by Gasteiger charge is 2.55. The van der Waals surface area contributed by atoms with E-state index < -0.39 is 11.8 Å². The number of piperidine rings is 1. The summed E-state index contributed by atoms with van der Waals surface area (Å²) in [7, 11) is 3.37. The molecule has 2 aliphatic heterocycles. The lowest BCUT2D eigenvalue weighted by atomic mass is 9.84. The van der Waals surface area contributed by atoms with Gasteiger partial charge >= 0.3 is 0 Å². The Morgan fingerprint density at radius 3 is 2.25 bits per heavy atom. The van der Waals surface area contributed by atoms with Crippen LogP contribution in [0.4, 0.5) is 0 Å². The smallest absolute Gasteiger partial charge is 0.140 e. The van der Waals surface area contributed by atoms with E-state index in [4.69, 9.17) is 19.0 Å². The molecule has 2 aliphatic rings. The van der Waals surface area contributed by atoms with E-state index in [0.717, 1.165) is 59.5 Å². The molecule has 0 amide bonds. The summed E-state index contributed by atoms with van der Waals surface area (Å²) in [6.07, 6.45) is 0.652. The van der Waals surface area contributed by atoms with Crippen molar-refractivity contribution in [1.82, 2.24) is 9.96 Å². The average molecular weight is 497 g/mol. The third-order valence-corrected chi connectivity index (χ3v) is 7.41. The third kappa shape index (κ3) is 5.37. The molecule has 196 valence electrons. The van der Waals surface area contributed by atoms with Crippen LogP contribution in [0, 0.1) is 20.8 Å². The predicted octanol–water partition coefficient (Wildman–Crippen LogP) is 4.19. The molecule has 36 heavy (non-hydrogen) atoms. The molecule has 0 saturated carbocycles. The average Bonchev–Trinajstić information content (AvgIpc) is 3.08. The second-order valence-electron chi connectivity index (χ2n) is 9.81. The fourth-order valence-electron chi connectivity index (χ4n) is 5.73. The minimum absolute atomic E-state index is 0.281. The van der Waals surface area contributed by atoms with Crippen molar-refractivity contribution in [2.24, 2.45) is 0 Å². The van der Waals surface area contributed by atoms with E-state index in [1.54, 1.807) is 14.2 Å². The van der Waals surface area contributed by atoms with Gasteiger partial charge in [-0.1, -0.05) is 48.0 Å². The van der Waals surface area contributed by atoms with E-state index in [9.17, 15) is 5.11 Å². The Balaban J connectivity index is 1.80. The zero-order valence-electron chi connectivity index (χ0n) is 22.3. The van der Waals surface area contributed by atoms with Crippen LogP contribution >= 0.6 is 0 Å². The SMILES string of the molecule is COCCOCN1C(O)C(c2c(C)cc(C)cc2C)=C(OCc2ccccc2)C12CCN(OC)CC2. The summed E-state index contributed by atoms with van der Waals surface area (Å²) in [6, 6.07) is 14.5. The number of methoxy groups -OCH3 is 1. The molecule has 7 nitrogen and oxygen atoms in total. The molecular weight excluding hydrogens is 456 g/mol. The number of nitrogens with zero attached hydrogens (tertiary/aromatic N) is 2. The van der Waals surface area contributed by atoms with Gasteiger partial charge in [-0.05, 0) is 55.9 Å². The number of hydrogen-bond acceptors (Lipinski definition) is 7. The Labute approximate surface area is 215 Å². The first-order valence-electron chi connectivity index (χ1n) is 12.7. The number of ether oxygens (including phenoxy) is 3. The maximum absolute atomic E-state index is 11.9. The van der Waals surface area contributed by atoms with Gasteiger partial charge in [-0.3, -0.25) is 0 Å². The van der Waals surface area contributed by atoms with Crippen molar-refractivity contribution in [2.75, 3.05) is 47.3 Å². The quantitative estimate of drug-likeness (QED) is 0.495. The Hall–Kier alpha value is -2.26. The molecule has 0 aliphatic carbocycles. The predicted molar refractivity (Wildman–Crippen MR) is 140 cm³/mol. The fourth-order valence-corrected chi connectivity index (χ4v) is 5.73. The van der Waals surface area contributed by atoms with Crippen LogP contribution < -0.4 is 0 Å². The van der Waals surface area contributed by atoms with Crippen molar-refractivity contribution in [2.45, 2.75) is 52.0 Å². The van der Waals surface area contributed by atoms with Crippen LogP contribution in [-0.4, -0.2) is 74.1 Å². The normalized spacial score (nSPS) is 20.4. The molecule has 7 heteroatoms. The molecule has 2 heterocycles. The van der Waals surface area contributed by atoms with Crippen LogP contribution in [0.2, 0.25) is 0 Å². The molecule has 1 unspecified atom stereocenters. The van der Waals surface area contributed by atoms with Gasteiger partial charge in [0.2, 0.25) is 0 Å². The van der Waals surface area contributed by atoms with Crippen molar-refractivity contribution >= 4 is 5.57 Å². The van der Waals surface area contributed by atoms with E-state index in [1.807, 2.05) is 23.3 Å². The largest absolute Gasteiger partial charge is 0.491 e. The summed E-state index contributed by atoms with van der Waals surface area (Å²) >= 11 is 0. The number of benzene rings is 2. The van der Waals surface area contributed by atoms with Crippen LogP contribution in [0.25, 0.3) is 5.57 Å². The molecule has 1 fully saturated rings. The Morgan fingerprint density at radius 2 is 1.64 bits per heavy atom. The Morgan fingerprint density at radius 1 is 0.972 bits per heavy atom. The van der Waals surface area contributed by atoms with E-state index in [-0.39, 0.29) is 6.73 Å². The summed E-state index contributed by atoms with van der Waals surface area (Å²) in [5.41, 5.74) is 5.97. The van der Waals surface area contributed by atoms with Gasteiger partial charge in [-0.2, -0.15) is 5.06 Å².